The number of aromatic nitrogens is 2. The first-order valence-corrected chi connectivity index (χ1v) is 5.59. The Morgan fingerprint density at radius 2 is 2.25 bits per heavy atom. The van der Waals surface area contributed by atoms with Crippen molar-refractivity contribution < 1.29 is 4.52 Å². The number of para-hydroxylation sites is 1. The molecule has 100 valence electrons. The summed E-state index contributed by atoms with van der Waals surface area (Å²) < 4.78 is 5.09. The van der Waals surface area contributed by atoms with Gasteiger partial charge in [0, 0.05) is 0 Å². The highest BCUT2D eigenvalue weighted by molar-refractivity contribution is 6.45. The molecule has 0 fully saturated rings. The second kappa shape index (κ2) is 5.62. The smallest absolute Gasteiger partial charge is 0.260 e. The molecule has 0 amide bonds. The number of nitrogens with zero attached hydrogens (tertiary/aromatic N) is 4. The fraction of sp³-hybridized carbons (Fsp3) is 0.0833. The molecule has 0 aliphatic carbocycles. The van der Waals surface area contributed by atoms with Crippen LogP contribution < -0.4 is 11.2 Å². The van der Waals surface area contributed by atoms with Gasteiger partial charge in [-0.3, -0.25) is 10.8 Å². The first-order valence-electron chi connectivity index (χ1n) is 5.59. The van der Waals surface area contributed by atoms with Crippen LogP contribution in [0.2, 0.25) is 0 Å². The molecule has 8 nitrogen and oxygen atoms in total. The van der Waals surface area contributed by atoms with Crippen molar-refractivity contribution in [2.75, 3.05) is 5.43 Å². The molecule has 1 aromatic carbocycles. The quantitative estimate of drug-likeness (QED) is 0.434. The lowest BCUT2D eigenvalue weighted by atomic mass is 10.2. The normalized spacial score (nSPS) is 10.9. The number of nitrogens with one attached hydrogen (secondary N) is 2. The summed E-state index contributed by atoms with van der Waals surface area (Å²) in [7, 11) is 0. The summed E-state index contributed by atoms with van der Waals surface area (Å²) in [6.45, 7) is 1.71. The molecule has 2 aromatic rings. The van der Waals surface area contributed by atoms with E-state index in [1.165, 1.54) is 0 Å². The number of benzene rings is 1. The maximum absolute atomic E-state index is 8.78. The molecule has 4 N–H and O–H groups in total. The van der Waals surface area contributed by atoms with Crippen molar-refractivity contribution in [1.29, 1.82) is 10.7 Å². The van der Waals surface area contributed by atoms with Crippen molar-refractivity contribution >= 4 is 17.2 Å². The first-order chi connectivity index (χ1) is 9.61. The predicted molar refractivity (Wildman–Crippen MR) is 73.1 cm³/mol. The van der Waals surface area contributed by atoms with Crippen molar-refractivity contribution in [3.05, 3.63) is 30.1 Å². The average molecular weight is 269 g/mol. The van der Waals surface area contributed by atoms with Gasteiger partial charge in [0.1, 0.15) is 6.07 Å². The Hall–Kier alpha value is -3.21. The van der Waals surface area contributed by atoms with E-state index < -0.39 is 5.84 Å². The highest BCUT2D eigenvalue weighted by atomic mass is 16.5. The highest BCUT2D eigenvalue weighted by Crippen LogP contribution is 2.26. The third kappa shape index (κ3) is 2.78. The molecule has 0 aliphatic heterocycles. The number of anilines is 1. The van der Waals surface area contributed by atoms with Crippen molar-refractivity contribution in [2.24, 2.45) is 10.8 Å². The molecule has 2 rings (SSSR count). The lowest BCUT2D eigenvalue weighted by Gasteiger charge is -2.05. The Morgan fingerprint density at radius 3 is 2.85 bits per heavy atom. The van der Waals surface area contributed by atoms with Crippen LogP contribution in [0.25, 0.3) is 11.5 Å². The number of nitrogens with two attached hydrogens (primary N) is 1. The molecule has 0 spiro atoms. The van der Waals surface area contributed by atoms with Crippen LogP contribution in [-0.2, 0) is 0 Å². The van der Waals surface area contributed by atoms with Gasteiger partial charge in [0.05, 0.1) is 11.3 Å². The molecule has 0 aliphatic rings. The molecule has 0 bridgehead atoms. The summed E-state index contributed by atoms with van der Waals surface area (Å²) in [6.07, 6.45) is 0. The number of rotatable bonds is 4. The van der Waals surface area contributed by atoms with Crippen molar-refractivity contribution in [1.82, 2.24) is 10.1 Å². The van der Waals surface area contributed by atoms with Gasteiger partial charge in [-0.15, -0.1) is 0 Å². The third-order valence-corrected chi connectivity index (χ3v) is 2.33. The second-order valence-corrected chi connectivity index (χ2v) is 3.79. The van der Waals surface area contributed by atoms with Gasteiger partial charge in [0.2, 0.25) is 5.71 Å². The molecule has 20 heavy (non-hydrogen) atoms. The Labute approximate surface area is 114 Å². The molecule has 0 unspecified atom stereocenters. The van der Waals surface area contributed by atoms with Crippen molar-refractivity contribution in [2.45, 2.75) is 6.92 Å². The van der Waals surface area contributed by atoms with Gasteiger partial charge in [-0.1, -0.05) is 17.3 Å². The van der Waals surface area contributed by atoms with Crippen LogP contribution in [0.15, 0.2) is 33.9 Å². The number of hydrazone groups is 1. The summed E-state index contributed by atoms with van der Waals surface area (Å²) in [5.74, 6) is 0.438. The lowest BCUT2D eigenvalue weighted by Crippen LogP contribution is -2.21. The Bertz CT molecular complexity index is 711. The predicted octanol–water partition coefficient (Wildman–Crippen LogP) is 1.27. The molecule has 0 radical (unpaired) electrons. The molecular formula is C12H11N7O. The van der Waals surface area contributed by atoms with Crippen LogP contribution in [0, 0.1) is 23.7 Å². The van der Waals surface area contributed by atoms with E-state index in [1.54, 1.807) is 37.3 Å². The van der Waals surface area contributed by atoms with Gasteiger partial charge in [0.25, 0.3) is 5.89 Å². The number of aryl methyl sites for hydroxylation is 1. The molecule has 8 heteroatoms. The second-order valence-electron chi connectivity index (χ2n) is 3.79. The highest BCUT2D eigenvalue weighted by Gasteiger charge is 2.11. The van der Waals surface area contributed by atoms with Crippen molar-refractivity contribution in [3.63, 3.8) is 0 Å². The van der Waals surface area contributed by atoms with Gasteiger partial charge in [-0.05, 0) is 19.1 Å². The zero-order chi connectivity index (χ0) is 14.5. The van der Waals surface area contributed by atoms with E-state index in [2.05, 4.69) is 20.7 Å². The molecule has 1 heterocycles. The Balaban J connectivity index is 2.35. The monoisotopic (exact) mass is 269 g/mol. The zero-order valence-electron chi connectivity index (χ0n) is 10.6. The zero-order valence-corrected chi connectivity index (χ0v) is 10.6. The van der Waals surface area contributed by atoms with Crippen LogP contribution in [0.3, 0.4) is 0 Å². The average Bonchev–Trinajstić information content (AvgIpc) is 2.86. The molecule has 0 saturated heterocycles. The van der Waals surface area contributed by atoms with E-state index in [0.717, 1.165) is 0 Å². The lowest BCUT2D eigenvalue weighted by molar-refractivity contribution is 0.426. The number of nitriles is 1. The first kappa shape index (κ1) is 13.2. The van der Waals surface area contributed by atoms with E-state index in [1.807, 2.05) is 0 Å². The third-order valence-electron chi connectivity index (χ3n) is 2.33. The van der Waals surface area contributed by atoms with Crippen LogP contribution in [0.4, 0.5) is 5.69 Å². The van der Waals surface area contributed by atoms with E-state index in [0.29, 0.717) is 23.0 Å². The van der Waals surface area contributed by atoms with E-state index >= 15 is 0 Å². The van der Waals surface area contributed by atoms with E-state index in [9.17, 15) is 0 Å². The maximum Gasteiger partial charge on any atom is 0.260 e. The summed E-state index contributed by atoms with van der Waals surface area (Å²) in [5.41, 5.74) is 8.87. The van der Waals surface area contributed by atoms with Gasteiger partial charge < -0.3 is 10.3 Å². The summed E-state index contributed by atoms with van der Waals surface area (Å²) in [6, 6.07) is 8.81. The van der Waals surface area contributed by atoms with E-state index in [-0.39, 0.29) is 5.71 Å². The fourth-order valence-corrected chi connectivity index (χ4v) is 1.44. The minimum Gasteiger partial charge on any atom is -0.382 e. The summed E-state index contributed by atoms with van der Waals surface area (Å²) in [4.78, 5) is 4.13. The molecular weight excluding hydrogens is 258 g/mol. The van der Waals surface area contributed by atoms with Gasteiger partial charge in [0.15, 0.2) is 11.7 Å². The van der Waals surface area contributed by atoms with Crippen LogP contribution in [0.1, 0.15) is 5.82 Å². The van der Waals surface area contributed by atoms with Crippen LogP contribution in [0.5, 0.6) is 0 Å². The van der Waals surface area contributed by atoms with Gasteiger partial charge in [-0.25, -0.2) is 0 Å². The number of amidine groups is 1. The van der Waals surface area contributed by atoms with Gasteiger partial charge in [-0.2, -0.15) is 15.3 Å². The molecule has 1 aromatic heterocycles. The summed E-state index contributed by atoms with van der Waals surface area (Å²) >= 11 is 0. The Kier molecular flexibility index (Phi) is 3.72. The topological polar surface area (TPSA) is 137 Å². The standard InChI is InChI=1S/C12H11N7O/c1-7-16-12(20-19-7)8-4-2-3-5-9(8)17-18-10(6-13)11(14)15/h2-5,17H,1H3,(H3,14,15)/b18-10+. The minimum atomic E-state index is -0.411. The van der Waals surface area contributed by atoms with E-state index in [4.69, 9.17) is 20.9 Å². The van der Waals surface area contributed by atoms with Crippen LogP contribution in [-0.4, -0.2) is 21.7 Å². The number of hydrogen-bond acceptors (Lipinski definition) is 7. The summed E-state index contributed by atoms with van der Waals surface area (Å²) in [5, 5.41) is 23.5. The molecule has 0 atom stereocenters. The number of hydrogen-bond donors (Lipinski definition) is 3. The van der Waals surface area contributed by atoms with Crippen LogP contribution >= 0.6 is 0 Å². The maximum atomic E-state index is 8.78. The minimum absolute atomic E-state index is 0.207. The largest absolute Gasteiger partial charge is 0.382 e. The molecule has 0 saturated carbocycles. The SMILES string of the molecule is Cc1noc(-c2ccccc2N/N=C(\C#N)C(=N)N)n1. The Morgan fingerprint density at radius 1 is 1.50 bits per heavy atom. The van der Waals surface area contributed by atoms with Crippen molar-refractivity contribution in [3.8, 4) is 17.5 Å². The van der Waals surface area contributed by atoms with Gasteiger partial charge >= 0.3 is 0 Å². The fourth-order valence-electron chi connectivity index (χ4n) is 1.44.